The third-order valence-corrected chi connectivity index (χ3v) is 3.09. The molecule has 0 aromatic heterocycles. The van der Waals surface area contributed by atoms with E-state index in [9.17, 15) is 0 Å². The summed E-state index contributed by atoms with van der Waals surface area (Å²) in [6.07, 6.45) is 2.78. The van der Waals surface area contributed by atoms with E-state index in [1.807, 2.05) is 0 Å². The first-order chi connectivity index (χ1) is 7.36. The number of hydrogen-bond donors (Lipinski definition) is 1. The van der Waals surface area contributed by atoms with E-state index >= 15 is 0 Å². The lowest BCUT2D eigenvalue weighted by Crippen LogP contribution is -2.44. The maximum absolute atomic E-state index is 5.36. The molecule has 2 nitrogen and oxygen atoms in total. The molecule has 0 aromatic carbocycles. The molecule has 0 saturated carbocycles. The lowest BCUT2D eigenvalue weighted by Gasteiger charge is -2.29. The van der Waals surface area contributed by atoms with Gasteiger partial charge in [-0.3, -0.25) is 0 Å². The predicted molar refractivity (Wildman–Crippen MR) is 71.8 cm³/mol. The van der Waals surface area contributed by atoms with Crippen molar-refractivity contribution in [3.8, 4) is 0 Å². The van der Waals surface area contributed by atoms with E-state index < -0.39 is 0 Å². The minimum atomic E-state index is 0.279. The van der Waals surface area contributed by atoms with E-state index in [1.54, 1.807) is 7.11 Å². The number of rotatable bonds is 8. The van der Waals surface area contributed by atoms with Gasteiger partial charge in [-0.15, -0.1) is 0 Å². The van der Waals surface area contributed by atoms with Gasteiger partial charge in [-0.1, -0.05) is 27.7 Å². The summed E-state index contributed by atoms with van der Waals surface area (Å²) in [5.74, 6) is 1.50. The van der Waals surface area contributed by atoms with Crippen molar-refractivity contribution < 1.29 is 4.74 Å². The largest absolute Gasteiger partial charge is 0.380 e. The van der Waals surface area contributed by atoms with Crippen LogP contribution in [-0.2, 0) is 4.74 Å². The Hall–Kier alpha value is -0.0800. The highest BCUT2D eigenvalue weighted by Crippen LogP contribution is 2.14. The SMILES string of the molecule is COC(C)C(C)NC(CC(C)C)CC(C)C. The van der Waals surface area contributed by atoms with Gasteiger partial charge in [0.2, 0.25) is 0 Å². The molecule has 0 bridgehead atoms. The molecule has 0 rings (SSSR count). The highest BCUT2D eigenvalue weighted by atomic mass is 16.5. The first-order valence-electron chi connectivity index (χ1n) is 6.65. The maximum Gasteiger partial charge on any atom is 0.0693 e. The van der Waals surface area contributed by atoms with Crippen LogP contribution in [0.4, 0.5) is 0 Å². The Kier molecular flexibility index (Phi) is 8.04. The van der Waals surface area contributed by atoms with E-state index in [0.717, 1.165) is 11.8 Å². The summed E-state index contributed by atoms with van der Waals surface area (Å²) in [5, 5.41) is 3.71. The van der Waals surface area contributed by atoms with Crippen LogP contribution in [-0.4, -0.2) is 25.3 Å². The van der Waals surface area contributed by atoms with Crippen molar-refractivity contribution in [2.45, 2.75) is 72.6 Å². The zero-order valence-corrected chi connectivity index (χ0v) is 12.2. The summed E-state index contributed by atoms with van der Waals surface area (Å²) in [6.45, 7) is 13.5. The minimum Gasteiger partial charge on any atom is -0.380 e. The van der Waals surface area contributed by atoms with Gasteiger partial charge in [-0.2, -0.15) is 0 Å². The molecule has 2 heteroatoms. The summed E-state index contributed by atoms with van der Waals surface area (Å²) in [6, 6.07) is 1.04. The van der Waals surface area contributed by atoms with Crippen molar-refractivity contribution in [2.24, 2.45) is 11.8 Å². The van der Waals surface area contributed by atoms with Gasteiger partial charge in [0.25, 0.3) is 0 Å². The van der Waals surface area contributed by atoms with Gasteiger partial charge in [0, 0.05) is 19.2 Å². The first kappa shape index (κ1) is 15.9. The molecule has 0 heterocycles. The Morgan fingerprint density at radius 1 is 0.875 bits per heavy atom. The topological polar surface area (TPSA) is 21.3 Å². The quantitative estimate of drug-likeness (QED) is 0.688. The van der Waals surface area contributed by atoms with Crippen LogP contribution in [0, 0.1) is 11.8 Å². The molecule has 1 N–H and O–H groups in total. The van der Waals surface area contributed by atoms with Gasteiger partial charge in [-0.05, 0) is 38.5 Å². The second-order valence-corrected chi connectivity index (χ2v) is 5.85. The van der Waals surface area contributed by atoms with Gasteiger partial charge in [-0.25, -0.2) is 0 Å². The minimum absolute atomic E-state index is 0.279. The van der Waals surface area contributed by atoms with Crippen LogP contribution in [0.5, 0.6) is 0 Å². The monoisotopic (exact) mass is 229 g/mol. The number of nitrogens with one attached hydrogen (secondary N) is 1. The van der Waals surface area contributed by atoms with E-state index in [2.05, 4.69) is 46.9 Å². The molecule has 0 aliphatic heterocycles. The van der Waals surface area contributed by atoms with Gasteiger partial charge >= 0.3 is 0 Å². The van der Waals surface area contributed by atoms with Crippen molar-refractivity contribution in [1.82, 2.24) is 5.32 Å². The third kappa shape index (κ3) is 7.24. The van der Waals surface area contributed by atoms with Crippen LogP contribution < -0.4 is 5.32 Å². The van der Waals surface area contributed by atoms with E-state index in [0.29, 0.717) is 12.1 Å². The van der Waals surface area contributed by atoms with Crippen LogP contribution in [0.2, 0.25) is 0 Å². The Bertz CT molecular complexity index is 158. The molecule has 0 spiro atoms. The molecular formula is C14H31NO. The zero-order valence-electron chi connectivity index (χ0n) is 12.2. The highest BCUT2D eigenvalue weighted by molar-refractivity contribution is 4.77. The lowest BCUT2D eigenvalue weighted by molar-refractivity contribution is 0.0817. The van der Waals surface area contributed by atoms with Crippen molar-refractivity contribution in [1.29, 1.82) is 0 Å². The average molecular weight is 229 g/mol. The molecule has 16 heavy (non-hydrogen) atoms. The molecule has 0 fully saturated rings. The molecule has 0 radical (unpaired) electrons. The summed E-state index contributed by atoms with van der Waals surface area (Å²) < 4.78 is 5.36. The normalized spacial score (nSPS) is 16.1. The molecule has 2 unspecified atom stereocenters. The van der Waals surface area contributed by atoms with Gasteiger partial charge in [0.15, 0.2) is 0 Å². The zero-order chi connectivity index (χ0) is 12.7. The second-order valence-electron chi connectivity index (χ2n) is 5.85. The van der Waals surface area contributed by atoms with Gasteiger partial charge in [0.1, 0.15) is 0 Å². The molecular weight excluding hydrogens is 198 g/mol. The fourth-order valence-electron chi connectivity index (χ4n) is 2.08. The van der Waals surface area contributed by atoms with Crippen LogP contribution in [0.1, 0.15) is 54.4 Å². The van der Waals surface area contributed by atoms with Crippen LogP contribution in [0.25, 0.3) is 0 Å². The molecule has 0 aromatic rings. The molecule has 0 aliphatic rings. The number of ether oxygens (including phenoxy) is 1. The smallest absolute Gasteiger partial charge is 0.0693 e. The molecule has 2 atom stereocenters. The van der Waals surface area contributed by atoms with Gasteiger partial charge in [0.05, 0.1) is 6.10 Å². The fraction of sp³-hybridized carbons (Fsp3) is 1.00. The fourth-order valence-corrected chi connectivity index (χ4v) is 2.08. The number of hydrogen-bond acceptors (Lipinski definition) is 2. The van der Waals surface area contributed by atoms with Crippen LogP contribution >= 0.6 is 0 Å². The second kappa shape index (κ2) is 8.08. The lowest BCUT2D eigenvalue weighted by atomic mass is 9.94. The first-order valence-corrected chi connectivity index (χ1v) is 6.65. The molecule has 0 aliphatic carbocycles. The Morgan fingerprint density at radius 2 is 1.31 bits per heavy atom. The van der Waals surface area contributed by atoms with Crippen molar-refractivity contribution in [3.63, 3.8) is 0 Å². The third-order valence-electron chi connectivity index (χ3n) is 3.09. The van der Waals surface area contributed by atoms with E-state index in [-0.39, 0.29) is 6.10 Å². The highest BCUT2D eigenvalue weighted by Gasteiger charge is 2.18. The van der Waals surface area contributed by atoms with Gasteiger partial charge < -0.3 is 10.1 Å². The molecule has 0 saturated heterocycles. The van der Waals surface area contributed by atoms with Crippen LogP contribution in [0.3, 0.4) is 0 Å². The summed E-state index contributed by atoms with van der Waals surface area (Å²) >= 11 is 0. The number of methoxy groups -OCH3 is 1. The summed E-state index contributed by atoms with van der Waals surface area (Å²) in [4.78, 5) is 0. The Labute approximate surface area is 102 Å². The summed E-state index contributed by atoms with van der Waals surface area (Å²) in [5.41, 5.74) is 0. The molecule has 98 valence electrons. The van der Waals surface area contributed by atoms with E-state index in [1.165, 1.54) is 12.8 Å². The predicted octanol–water partition coefficient (Wildman–Crippen LogP) is 3.46. The maximum atomic E-state index is 5.36. The Balaban J connectivity index is 4.18. The van der Waals surface area contributed by atoms with Crippen LogP contribution in [0.15, 0.2) is 0 Å². The summed E-state index contributed by atoms with van der Waals surface area (Å²) in [7, 11) is 1.78. The van der Waals surface area contributed by atoms with Crippen molar-refractivity contribution >= 4 is 0 Å². The van der Waals surface area contributed by atoms with Crippen molar-refractivity contribution in [2.75, 3.05) is 7.11 Å². The van der Waals surface area contributed by atoms with Crippen molar-refractivity contribution in [3.05, 3.63) is 0 Å². The standard InChI is InChI=1S/C14H31NO/c1-10(2)8-14(9-11(3)4)15-12(5)13(6)16-7/h10-15H,8-9H2,1-7H3. The Morgan fingerprint density at radius 3 is 1.62 bits per heavy atom. The molecule has 0 amide bonds. The average Bonchev–Trinajstić information content (AvgIpc) is 2.14. The van der Waals surface area contributed by atoms with E-state index in [4.69, 9.17) is 4.74 Å².